The number of para-hydroxylation sites is 2. The minimum atomic E-state index is -0.195. The van der Waals surface area contributed by atoms with Gasteiger partial charge < -0.3 is 4.98 Å². The van der Waals surface area contributed by atoms with Gasteiger partial charge in [0.2, 0.25) is 5.91 Å². The van der Waals surface area contributed by atoms with Gasteiger partial charge in [-0.15, -0.1) is 0 Å². The summed E-state index contributed by atoms with van der Waals surface area (Å²) in [4.78, 5) is 33.8. The molecule has 0 atom stereocenters. The summed E-state index contributed by atoms with van der Waals surface area (Å²) in [6.07, 6.45) is 0. The Morgan fingerprint density at radius 2 is 1.64 bits per heavy atom. The first-order valence-electron chi connectivity index (χ1n) is 8.91. The molecule has 2 aromatic carbocycles. The number of H-pyrrole nitrogens is 1. The fourth-order valence-electron chi connectivity index (χ4n) is 2.62. The Hall–Kier alpha value is -2.51. The van der Waals surface area contributed by atoms with Crippen molar-refractivity contribution < 1.29 is 4.79 Å². The minimum absolute atomic E-state index is 0.0848. The van der Waals surface area contributed by atoms with Gasteiger partial charge in [0.05, 0.1) is 11.4 Å². The zero-order chi connectivity index (χ0) is 19.8. The Labute approximate surface area is 172 Å². The van der Waals surface area contributed by atoms with Crippen LogP contribution in [0, 0.1) is 0 Å². The molecule has 0 radical (unpaired) electrons. The molecule has 0 aliphatic heterocycles. The van der Waals surface area contributed by atoms with Crippen LogP contribution in [0.25, 0.3) is 0 Å². The molecule has 0 unspecified atom stereocenters. The van der Waals surface area contributed by atoms with Crippen LogP contribution in [0.3, 0.4) is 0 Å². The summed E-state index contributed by atoms with van der Waals surface area (Å²) in [7, 11) is 0. The number of hydrogen-bond acceptors (Lipinski definition) is 5. The molecule has 0 aliphatic carbocycles. The lowest BCUT2D eigenvalue weighted by Crippen LogP contribution is -2.27. The third-order valence-electron chi connectivity index (χ3n) is 3.84. The van der Waals surface area contributed by atoms with Crippen LogP contribution < -0.4 is 10.5 Å². The fraction of sp³-hybridized carbons (Fsp3) is 0.190. The molecule has 3 rings (SSSR count). The standard InChI is InChI=1S/C21H21N3O2S2/c1-2-27-14-16-13-19(25)23-21(22-16)28-15-20(26)24(17-9-5-3-6-10-17)18-11-7-4-8-12-18/h3-13H,2,14-15H2,1H3,(H,22,23,25). The highest BCUT2D eigenvalue weighted by Gasteiger charge is 2.18. The molecule has 1 heterocycles. The van der Waals surface area contributed by atoms with Crippen molar-refractivity contribution >= 4 is 40.8 Å². The highest BCUT2D eigenvalue weighted by molar-refractivity contribution is 7.99. The summed E-state index contributed by atoms with van der Waals surface area (Å²) < 4.78 is 0. The van der Waals surface area contributed by atoms with E-state index in [1.807, 2.05) is 60.7 Å². The molecule has 5 nitrogen and oxygen atoms in total. The van der Waals surface area contributed by atoms with Gasteiger partial charge in [-0.2, -0.15) is 11.8 Å². The van der Waals surface area contributed by atoms with Crippen molar-refractivity contribution in [2.24, 2.45) is 0 Å². The number of benzene rings is 2. The minimum Gasteiger partial charge on any atom is -0.301 e. The summed E-state index contributed by atoms with van der Waals surface area (Å²) in [6.45, 7) is 2.06. The first-order valence-corrected chi connectivity index (χ1v) is 11.0. The average Bonchev–Trinajstić information content (AvgIpc) is 2.72. The molecule has 0 fully saturated rings. The van der Waals surface area contributed by atoms with Crippen LogP contribution in [0.1, 0.15) is 12.6 Å². The monoisotopic (exact) mass is 411 g/mol. The average molecular weight is 412 g/mol. The summed E-state index contributed by atoms with van der Waals surface area (Å²) in [5.41, 5.74) is 2.14. The smallest absolute Gasteiger partial charge is 0.251 e. The van der Waals surface area contributed by atoms with E-state index in [2.05, 4.69) is 16.9 Å². The molecule has 1 amide bonds. The molecule has 0 saturated carbocycles. The van der Waals surface area contributed by atoms with E-state index in [4.69, 9.17) is 0 Å². The number of amides is 1. The van der Waals surface area contributed by atoms with Crippen molar-refractivity contribution in [1.29, 1.82) is 0 Å². The maximum Gasteiger partial charge on any atom is 0.251 e. The molecule has 144 valence electrons. The molecule has 0 bridgehead atoms. The predicted molar refractivity (Wildman–Crippen MR) is 117 cm³/mol. The molecule has 3 aromatic rings. The van der Waals surface area contributed by atoms with Crippen LogP contribution in [-0.4, -0.2) is 27.4 Å². The molecule has 0 aliphatic rings. The SMILES string of the molecule is CCSCc1cc(=O)[nH]c(SCC(=O)N(c2ccccc2)c2ccccc2)n1. The highest BCUT2D eigenvalue weighted by atomic mass is 32.2. The molecule has 7 heteroatoms. The Morgan fingerprint density at radius 3 is 2.21 bits per heavy atom. The number of carbonyl (C=O) groups excluding carboxylic acids is 1. The van der Waals surface area contributed by atoms with Gasteiger partial charge in [0.1, 0.15) is 0 Å². The summed E-state index contributed by atoms with van der Waals surface area (Å²) in [5.74, 6) is 1.72. The van der Waals surface area contributed by atoms with Gasteiger partial charge in [-0.25, -0.2) is 4.98 Å². The van der Waals surface area contributed by atoms with Crippen molar-refractivity contribution in [3.05, 3.63) is 82.8 Å². The number of rotatable bonds is 8. The van der Waals surface area contributed by atoms with Gasteiger partial charge in [0.15, 0.2) is 5.16 Å². The van der Waals surface area contributed by atoms with Gasteiger partial charge in [-0.1, -0.05) is 55.1 Å². The molecule has 0 saturated heterocycles. The Morgan fingerprint density at radius 1 is 1.04 bits per heavy atom. The van der Waals surface area contributed by atoms with Crippen LogP contribution in [0.2, 0.25) is 0 Å². The van der Waals surface area contributed by atoms with Gasteiger partial charge in [-0.05, 0) is 30.0 Å². The van der Waals surface area contributed by atoms with Crippen molar-refractivity contribution in [1.82, 2.24) is 9.97 Å². The quantitative estimate of drug-likeness (QED) is 0.437. The predicted octanol–water partition coefficient (Wildman–Crippen LogP) is 4.48. The van der Waals surface area contributed by atoms with E-state index in [-0.39, 0.29) is 17.2 Å². The van der Waals surface area contributed by atoms with E-state index < -0.39 is 0 Å². The first-order chi connectivity index (χ1) is 13.7. The molecule has 28 heavy (non-hydrogen) atoms. The second kappa shape index (κ2) is 10.1. The Kier molecular flexibility index (Phi) is 7.33. The lowest BCUT2D eigenvalue weighted by atomic mass is 10.2. The van der Waals surface area contributed by atoms with Crippen LogP contribution in [0.5, 0.6) is 0 Å². The normalized spacial score (nSPS) is 10.6. The zero-order valence-corrected chi connectivity index (χ0v) is 17.1. The maximum atomic E-state index is 13.0. The molecule has 0 spiro atoms. The Balaban J connectivity index is 1.78. The second-order valence-electron chi connectivity index (χ2n) is 5.87. The lowest BCUT2D eigenvalue weighted by molar-refractivity contribution is -0.115. The molecule has 1 N–H and O–H groups in total. The molecule has 1 aromatic heterocycles. The van der Waals surface area contributed by atoms with E-state index in [9.17, 15) is 9.59 Å². The van der Waals surface area contributed by atoms with Crippen LogP contribution in [-0.2, 0) is 10.5 Å². The summed E-state index contributed by atoms with van der Waals surface area (Å²) in [6, 6.07) is 20.6. The third-order valence-corrected chi connectivity index (χ3v) is 5.60. The summed E-state index contributed by atoms with van der Waals surface area (Å²) in [5, 5.41) is 0.466. The molecular formula is C21H21N3O2S2. The van der Waals surface area contributed by atoms with Crippen molar-refractivity contribution in [3.63, 3.8) is 0 Å². The van der Waals surface area contributed by atoms with Crippen LogP contribution in [0.4, 0.5) is 11.4 Å². The van der Waals surface area contributed by atoms with E-state index >= 15 is 0 Å². The Bertz CT molecular complexity index is 923. The number of anilines is 2. The van der Waals surface area contributed by atoms with Gasteiger partial charge >= 0.3 is 0 Å². The number of nitrogens with one attached hydrogen (secondary N) is 1. The van der Waals surface area contributed by atoms with E-state index in [0.717, 1.165) is 22.8 Å². The van der Waals surface area contributed by atoms with Crippen molar-refractivity contribution in [2.45, 2.75) is 17.8 Å². The molecular weight excluding hydrogens is 390 g/mol. The number of hydrogen-bond donors (Lipinski definition) is 1. The second-order valence-corrected chi connectivity index (χ2v) is 8.11. The lowest BCUT2D eigenvalue weighted by Gasteiger charge is -2.22. The number of carbonyl (C=O) groups is 1. The van der Waals surface area contributed by atoms with Crippen molar-refractivity contribution in [2.75, 3.05) is 16.4 Å². The van der Waals surface area contributed by atoms with Crippen LogP contribution in [0.15, 0.2) is 76.7 Å². The zero-order valence-electron chi connectivity index (χ0n) is 15.5. The summed E-state index contributed by atoms with van der Waals surface area (Å²) >= 11 is 2.94. The van der Waals surface area contributed by atoms with Gasteiger partial charge in [0, 0.05) is 23.2 Å². The number of nitrogens with zero attached hydrogens (tertiary/aromatic N) is 2. The maximum absolute atomic E-state index is 13.0. The number of aromatic nitrogens is 2. The third kappa shape index (κ3) is 5.50. The van der Waals surface area contributed by atoms with E-state index in [0.29, 0.717) is 10.9 Å². The number of aromatic amines is 1. The van der Waals surface area contributed by atoms with Crippen molar-refractivity contribution in [3.8, 4) is 0 Å². The highest BCUT2D eigenvalue weighted by Crippen LogP contribution is 2.26. The van der Waals surface area contributed by atoms with Gasteiger partial charge in [0.25, 0.3) is 5.56 Å². The topological polar surface area (TPSA) is 66.1 Å². The van der Waals surface area contributed by atoms with E-state index in [1.165, 1.54) is 17.8 Å². The van der Waals surface area contributed by atoms with Gasteiger partial charge in [-0.3, -0.25) is 14.5 Å². The van der Waals surface area contributed by atoms with Crippen LogP contribution >= 0.6 is 23.5 Å². The largest absolute Gasteiger partial charge is 0.301 e. The fourth-order valence-corrected chi connectivity index (χ4v) is 3.92. The number of thioether (sulfide) groups is 2. The van der Waals surface area contributed by atoms with E-state index in [1.54, 1.807) is 16.7 Å². The first kappa shape index (κ1) is 20.2.